The average Bonchev–Trinajstić information content (AvgIpc) is 2.98. The van der Waals surface area contributed by atoms with Gasteiger partial charge < -0.3 is 24.8 Å². The lowest BCUT2D eigenvalue weighted by atomic mass is 9.77. The van der Waals surface area contributed by atoms with Crippen molar-refractivity contribution in [1.29, 1.82) is 0 Å². The molecule has 0 aromatic heterocycles. The average molecular weight is 514 g/mol. The third-order valence-corrected chi connectivity index (χ3v) is 6.92. The Labute approximate surface area is 199 Å². The lowest BCUT2D eigenvalue weighted by Gasteiger charge is -2.37. The van der Waals surface area contributed by atoms with Gasteiger partial charge in [0.2, 0.25) is 0 Å². The molecule has 0 fully saturated rings. The summed E-state index contributed by atoms with van der Waals surface area (Å²) in [7, 11) is 0. The summed E-state index contributed by atoms with van der Waals surface area (Å²) in [5.41, 5.74) is -2.70. The van der Waals surface area contributed by atoms with Gasteiger partial charge in [0.15, 0.2) is 5.60 Å². The largest absolute Gasteiger partial charge is 0.508 e. The fourth-order valence-electron chi connectivity index (χ4n) is 4.13. The van der Waals surface area contributed by atoms with E-state index in [0.717, 1.165) is 0 Å². The SMILES string of the molecule is O=C(O)c1c(Cl)c(Cl)c(Cl)c2c1C(=O)OC21c2ccc(O)cc2Oc2cc(O)cc(Cl)c21. The number of carboxylic acids is 1. The molecule has 3 aromatic rings. The van der Waals surface area contributed by atoms with E-state index in [9.17, 15) is 24.9 Å². The molecule has 0 saturated heterocycles. The van der Waals surface area contributed by atoms with Gasteiger partial charge in [-0.2, -0.15) is 0 Å². The number of hydrogen-bond acceptors (Lipinski definition) is 6. The molecular formula is C21H8Cl4O7. The number of halogens is 4. The summed E-state index contributed by atoms with van der Waals surface area (Å²) in [5, 5.41) is 28.8. The number of ether oxygens (including phenoxy) is 2. The molecule has 11 heteroatoms. The predicted molar refractivity (Wildman–Crippen MR) is 115 cm³/mol. The van der Waals surface area contributed by atoms with Crippen molar-refractivity contribution in [3.63, 3.8) is 0 Å². The monoisotopic (exact) mass is 512 g/mol. The van der Waals surface area contributed by atoms with Crippen molar-refractivity contribution in [2.24, 2.45) is 0 Å². The molecule has 162 valence electrons. The van der Waals surface area contributed by atoms with Crippen LogP contribution in [-0.2, 0) is 10.3 Å². The maximum absolute atomic E-state index is 13.1. The van der Waals surface area contributed by atoms with Crippen LogP contribution in [0.15, 0.2) is 30.3 Å². The number of phenolic OH excluding ortho intramolecular Hbond substituents is 2. The van der Waals surface area contributed by atoms with Gasteiger partial charge in [-0.15, -0.1) is 0 Å². The van der Waals surface area contributed by atoms with Gasteiger partial charge in [-0.1, -0.05) is 46.4 Å². The second-order valence-electron chi connectivity index (χ2n) is 7.03. The van der Waals surface area contributed by atoms with Gasteiger partial charge in [0.05, 0.1) is 36.8 Å². The van der Waals surface area contributed by atoms with E-state index in [4.69, 9.17) is 55.9 Å². The van der Waals surface area contributed by atoms with Gasteiger partial charge in [0, 0.05) is 23.3 Å². The number of hydrogen-bond donors (Lipinski definition) is 3. The quantitative estimate of drug-likeness (QED) is 0.271. The van der Waals surface area contributed by atoms with Crippen molar-refractivity contribution < 1.29 is 34.4 Å². The highest BCUT2D eigenvalue weighted by molar-refractivity contribution is 6.50. The van der Waals surface area contributed by atoms with E-state index in [1.807, 2.05) is 0 Å². The lowest BCUT2D eigenvalue weighted by molar-refractivity contribution is 0.0222. The van der Waals surface area contributed by atoms with Crippen molar-refractivity contribution in [2.45, 2.75) is 5.60 Å². The molecule has 5 rings (SSSR count). The van der Waals surface area contributed by atoms with E-state index in [2.05, 4.69) is 0 Å². The molecule has 3 N–H and O–H groups in total. The minimum absolute atomic E-state index is 0.00670. The molecule has 2 heterocycles. The Balaban J connectivity index is 2.02. The van der Waals surface area contributed by atoms with Crippen LogP contribution >= 0.6 is 46.4 Å². The highest BCUT2D eigenvalue weighted by atomic mass is 35.5. The van der Waals surface area contributed by atoms with Crippen LogP contribution in [0.25, 0.3) is 0 Å². The molecule has 2 aliphatic heterocycles. The maximum atomic E-state index is 13.1. The molecule has 1 spiro atoms. The van der Waals surface area contributed by atoms with E-state index in [1.54, 1.807) is 0 Å². The van der Waals surface area contributed by atoms with Crippen LogP contribution in [0.5, 0.6) is 23.0 Å². The van der Waals surface area contributed by atoms with Crippen molar-refractivity contribution in [2.75, 3.05) is 0 Å². The third kappa shape index (κ3) is 2.56. The number of esters is 1. The van der Waals surface area contributed by atoms with Gasteiger partial charge in [-0.05, 0) is 18.2 Å². The zero-order chi connectivity index (χ0) is 23.1. The number of carbonyl (C=O) groups is 2. The number of rotatable bonds is 1. The molecule has 0 bridgehead atoms. The molecule has 0 radical (unpaired) electrons. The normalized spacial score (nSPS) is 17.9. The van der Waals surface area contributed by atoms with Gasteiger partial charge >= 0.3 is 11.9 Å². The zero-order valence-corrected chi connectivity index (χ0v) is 18.4. The first-order valence-electron chi connectivity index (χ1n) is 8.79. The Morgan fingerprint density at radius 2 is 1.56 bits per heavy atom. The van der Waals surface area contributed by atoms with Crippen molar-refractivity contribution in [1.82, 2.24) is 0 Å². The molecular weight excluding hydrogens is 506 g/mol. The molecule has 1 atom stereocenters. The summed E-state index contributed by atoms with van der Waals surface area (Å²) < 4.78 is 11.6. The van der Waals surface area contributed by atoms with Crippen LogP contribution in [0.2, 0.25) is 20.1 Å². The molecule has 7 nitrogen and oxygen atoms in total. The third-order valence-electron chi connectivity index (χ3n) is 5.30. The summed E-state index contributed by atoms with van der Waals surface area (Å²) in [6.45, 7) is 0. The van der Waals surface area contributed by atoms with Crippen LogP contribution in [0, 0.1) is 0 Å². The first-order valence-corrected chi connectivity index (χ1v) is 10.3. The summed E-state index contributed by atoms with van der Waals surface area (Å²) >= 11 is 25.4. The lowest BCUT2D eigenvalue weighted by Crippen LogP contribution is -2.33. The summed E-state index contributed by atoms with van der Waals surface area (Å²) in [4.78, 5) is 25.1. The number of phenols is 2. The molecule has 0 amide bonds. The number of aromatic carboxylic acids is 1. The Bertz CT molecular complexity index is 1400. The number of fused-ring (bicyclic) bond motifs is 6. The Kier molecular flexibility index (Phi) is 4.49. The van der Waals surface area contributed by atoms with Crippen LogP contribution in [-0.4, -0.2) is 27.3 Å². The number of carboxylic acid groups (broad SMARTS) is 1. The van der Waals surface area contributed by atoms with E-state index in [1.165, 1.54) is 30.3 Å². The minimum atomic E-state index is -1.90. The van der Waals surface area contributed by atoms with E-state index in [0.29, 0.717) is 0 Å². The van der Waals surface area contributed by atoms with Gasteiger partial charge in [-0.25, -0.2) is 9.59 Å². The smallest absolute Gasteiger partial charge is 0.341 e. The summed E-state index contributed by atoms with van der Waals surface area (Å²) in [6, 6.07) is 6.42. The Hall–Kier alpha value is -2.84. The molecule has 3 aromatic carbocycles. The fraction of sp³-hybridized carbons (Fsp3) is 0.0476. The van der Waals surface area contributed by atoms with Crippen LogP contribution < -0.4 is 4.74 Å². The molecule has 1 unspecified atom stereocenters. The molecule has 0 aliphatic carbocycles. The number of carbonyl (C=O) groups excluding carboxylic acids is 1. The zero-order valence-electron chi connectivity index (χ0n) is 15.4. The standard InChI is InChI=1S/C21H8Cl4O7/c22-9-3-7(27)5-11-14(9)21(8-2-1-6(26)4-10(8)31-11)15-12(20(30)32-21)13(19(28)29)16(23)18(25)17(15)24/h1-5,26-27H,(H,28,29). The highest BCUT2D eigenvalue weighted by Gasteiger charge is 2.58. The molecule has 32 heavy (non-hydrogen) atoms. The van der Waals surface area contributed by atoms with E-state index >= 15 is 0 Å². The summed E-state index contributed by atoms with van der Waals surface area (Å²) in [5.74, 6) is -2.91. The van der Waals surface area contributed by atoms with Crippen LogP contribution in [0.3, 0.4) is 0 Å². The van der Waals surface area contributed by atoms with Gasteiger partial charge in [0.25, 0.3) is 0 Å². The fourth-order valence-corrected chi connectivity index (χ4v) is 5.30. The molecule has 0 saturated carbocycles. The van der Waals surface area contributed by atoms with Crippen molar-refractivity contribution >= 4 is 58.3 Å². The van der Waals surface area contributed by atoms with E-state index in [-0.39, 0.29) is 54.8 Å². The predicted octanol–water partition coefficient (Wildman–Crippen LogP) is 5.98. The van der Waals surface area contributed by atoms with Gasteiger partial charge in [-0.3, -0.25) is 0 Å². The highest BCUT2D eigenvalue weighted by Crippen LogP contribution is 2.62. The van der Waals surface area contributed by atoms with Gasteiger partial charge in [0.1, 0.15) is 23.0 Å². The maximum Gasteiger partial charge on any atom is 0.341 e. The van der Waals surface area contributed by atoms with Crippen LogP contribution in [0.1, 0.15) is 37.4 Å². The Morgan fingerprint density at radius 1 is 0.875 bits per heavy atom. The molecule has 2 aliphatic rings. The Morgan fingerprint density at radius 3 is 2.25 bits per heavy atom. The van der Waals surface area contributed by atoms with Crippen molar-refractivity contribution in [3.05, 3.63) is 78.2 Å². The van der Waals surface area contributed by atoms with E-state index < -0.39 is 33.7 Å². The first-order chi connectivity index (χ1) is 15.1. The minimum Gasteiger partial charge on any atom is -0.508 e. The summed E-state index contributed by atoms with van der Waals surface area (Å²) in [6.07, 6.45) is 0. The first kappa shape index (κ1) is 21.0. The van der Waals surface area contributed by atoms with Crippen molar-refractivity contribution in [3.8, 4) is 23.0 Å². The number of aromatic hydroxyl groups is 2. The van der Waals surface area contributed by atoms with Crippen LogP contribution in [0.4, 0.5) is 0 Å². The second-order valence-corrected chi connectivity index (χ2v) is 8.57. The second kappa shape index (κ2) is 6.83. The number of benzene rings is 3. The topological polar surface area (TPSA) is 113 Å².